The third kappa shape index (κ3) is 3.16. The van der Waals surface area contributed by atoms with Crippen molar-refractivity contribution >= 4 is 17.0 Å². The quantitative estimate of drug-likeness (QED) is 0.912. The first-order chi connectivity index (χ1) is 11.2. The Labute approximate surface area is 140 Å². The molecule has 0 fully saturated rings. The SMILES string of the molecule is Cc1nc(C)c(Cc2ccc(C3=NOC(O)(C(F)(F)F)C3)cc2)s1. The van der Waals surface area contributed by atoms with Gasteiger partial charge in [0.2, 0.25) is 0 Å². The molecule has 0 saturated carbocycles. The number of benzene rings is 1. The van der Waals surface area contributed by atoms with E-state index in [1.807, 2.05) is 26.0 Å². The van der Waals surface area contributed by atoms with Gasteiger partial charge in [-0.05, 0) is 25.0 Å². The summed E-state index contributed by atoms with van der Waals surface area (Å²) in [5.41, 5.74) is 2.59. The van der Waals surface area contributed by atoms with E-state index in [4.69, 9.17) is 0 Å². The van der Waals surface area contributed by atoms with E-state index in [1.54, 1.807) is 23.5 Å². The maximum absolute atomic E-state index is 12.7. The summed E-state index contributed by atoms with van der Waals surface area (Å²) in [7, 11) is 0. The third-order valence-electron chi connectivity index (χ3n) is 3.81. The number of nitrogens with zero attached hydrogens (tertiary/aromatic N) is 2. The average Bonchev–Trinajstić information content (AvgIpc) is 3.04. The molecule has 1 aliphatic rings. The van der Waals surface area contributed by atoms with Gasteiger partial charge in [0, 0.05) is 11.3 Å². The van der Waals surface area contributed by atoms with Crippen LogP contribution in [-0.2, 0) is 11.3 Å². The van der Waals surface area contributed by atoms with Crippen LogP contribution in [-0.4, -0.2) is 27.8 Å². The Hall–Kier alpha value is -1.93. The van der Waals surface area contributed by atoms with Crippen molar-refractivity contribution in [2.24, 2.45) is 5.16 Å². The molecule has 1 unspecified atom stereocenters. The summed E-state index contributed by atoms with van der Waals surface area (Å²) in [5, 5.41) is 13.9. The smallest absolute Gasteiger partial charge is 0.350 e. The van der Waals surface area contributed by atoms with Gasteiger partial charge in [-0.1, -0.05) is 29.4 Å². The molecular formula is C16H15F3N2O2S. The number of aryl methyl sites for hydroxylation is 2. The van der Waals surface area contributed by atoms with Crippen molar-refractivity contribution in [3.8, 4) is 0 Å². The molecule has 0 amide bonds. The maximum atomic E-state index is 12.7. The second-order valence-corrected chi connectivity index (χ2v) is 6.99. The van der Waals surface area contributed by atoms with E-state index in [1.165, 1.54) is 0 Å². The lowest BCUT2D eigenvalue weighted by molar-refractivity contribution is -0.355. The first-order valence-electron chi connectivity index (χ1n) is 7.24. The molecule has 1 N–H and O–H groups in total. The normalized spacial score (nSPS) is 20.8. The summed E-state index contributed by atoms with van der Waals surface area (Å²) in [4.78, 5) is 9.76. The summed E-state index contributed by atoms with van der Waals surface area (Å²) >= 11 is 1.63. The largest absolute Gasteiger partial charge is 0.458 e. The predicted molar refractivity (Wildman–Crippen MR) is 84.1 cm³/mol. The van der Waals surface area contributed by atoms with Gasteiger partial charge in [0.25, 0.3) is 0 Å². The van der Waals surface area contributed by atoms with Crippen molar-refractivity contribution in [3.63, 3.8) is 0 Å². The summed E-state index contributed by atoms with van der Waals surface area (Å²) in [6, 6.07) is 7.03. The lowest BCUT2D eigenvalue weighted by Gasteiger charge is -2.22. The van der Waals surface area contributed by atoms with Gasteiger partial charge in [-0.15, -0.1) is 11.3 Å². The second-order valence-electron chi connectivity index (χ2n) is 5.70. The highest BCUT2D eigenvalue weighted by molar-refractivity contribution is 7.11. The van der Waals surface area contributed by atoms with E-state index in [2.05, 4.69) is 15.0 Å². The lowest BCUT2D eigenvalue weighted by atomic mass is 10.0. The van der Waals surface area contributed by atoms with Gasteiger partial charge in [-0.3, -0.25) is 0 Å². The number of hydrogen-bond donors (Lipinski definition) is 1. The Morgan fingerprint density at radius 1 is 1.25 bits per heavy atom. The summed E-state index contributed by atoms with van der Waals surface area (Å²) in [6.07, 6.45) is -4.89. The van der Waals surface area contributed by atoms with Crippen LogP contribution in [0.3, 0.4) is 0 Å². The average molecular weight is 356 g/mol. The summed E-state index contributed by atoms with van der Waals surface area (Å²) in [5.74, 6) is -3.24. The fraction of sp³-hybridized carbons (Fsp3) is 0.375. The van der Waals surface area contributed by atoms with Crippen molar-refractivity contribution < 1.29 is 23.1 Å². The Morgan fingerprint density at radius 3 is 2.42 bits per heavy atom. The molecule has 24 heavy (non-hydrogen) atoms. The van der Waals surface area contributed by atoms with Crippen LogP contribution in [0.15, 0.2) is 29.4 Å². The highest BCUT2D eigenvalue weighted by Crippen LogP contribution is 2.38. The number of alkyl halides is 3. The number of halogens is 3. The van der Waals surface area contributed by atoms with Crippen molar-refractivity contribution in [1.29, 1.82) is 0 Å². The predicted octanol–water partition coefficient (Wildman–Crippen LogP) is 3.73. The van der Waals surface area contributed by atoms with Crippen LogP contribution in [0.25, 0.3) is 0 Å². The molecule has 2 aromatic rings. The molecule has 1 atom stereocenters. The van der Waals surface area contributed by atoms with Crippen LogP contribution in [0.5, 0.6) is 0 Å². The van der Waals surface area contributed by atoms with Gasteiger partial charge in [-0.2, -0.15) is 13.2 Å². The van der Waals surface area contributed by atoms with Crippen LogP contribution in [0.4, 0.5) is 13.2 Å². The standard InChI is InChI=1S/C16H15F3N2O2S/c1-9-14(24-10(2)20-9)7-11-3-5-12(6-4-11)13-8-15(22,23-21-13)16(17,18)19/h3-6,22H,7-8H2,1-2H3. The van der Waals surface area contributed by atoms with Crippen molar-refractivity contribution in [2.75, 3.05) is 0 Å². The van der Waals surface area contributed by atoms with Crippen LogP contribution in [0.2, 0.25) is 0 Å². The molecule has 1 aliphatic heterocycles. The van der Waals surface area contributed by atoms with E-state index in [0.717, 1.165) is 21.1 Å². The Bertz CT molecular complexity index is 784. The van der Waals surface area contributed by atoms with Crippen LogP contribution >= 0.6 is 11.3 Å². The molecule has 2 heterocycles. The van der Waals surface area contributed by atoms with E-state index in [0.29, 0.717) is 12.0 Å². The molecule has 128 valence electrons. The minimum Gasteiger partial charge on any atom is -0.350 e. The number of hydrogen-bond acceptors (Lipinski definition) is 5. The van der Waals surface area contributed by atoms with Gasteiger partial charge in [0.05, 0.1) is 22.8 Å². The van der Waals surface area contributed by atoms with Gasteiger partial charge in [-0.25, -0.2) is 4.98 Å². The van der Waals surface area contributed by atoms with Crippen molar-refractivity contribution in [2.45, 2.75) is 38.7 Å². The fourth-order valence-electron chi connectivity index (χ4n) is 2.47. The molecule has 3 rings (SSSR count). The highest BCUT2D eigenvalue weighted by Gasteiger charge is 2.60. The van der Waals surface area contributed by atoms with Crippen LogP contribution in [0.1, 0.15) is 33.1 Å². The first-order valence-corrected chi connectivity index (χ1v) is 8.06. The van der Waals surface area contributed by atoms with Gasteiger partial charge < -0.3 is 9.94 Å². The lowest BCUT2D eigenvalue weighted by Crippen LogP contribution is -2.45. The highest BCUT2D eigenvalue weighted by atomic mass is 32.1. The molecule has 1 aromatic heterocycles. The third-order valence-corrected chi connectivity index (χ3v) is 4.88. The fourth-order valence-corrected chi connectivity index (χ4v) is 3.44. The van der Waals surface area contributed by atoms with Gasteiger partial charge in [0.1, 0.15) is 0 Å². The molecule has 8 heteroatoms. The van der Waals surface area contributed by atoms with Crippen LogP contribution < -0.4 is 0 Å². The molecule has 0 spiro atoms. The van der Waals surface area contributed by atoms with Crippen molar-refractivity contribution in [3.05, 3.63) is 51.0 Å². The molecule has 4 nitrogen and oxygen atoms in total. The molecule has 0 radical (unpaired) electrons. The number of aliphatic hydroxyl groups is 1. The molecule has 0 aliphatic carbocycles. The molecular weight excluding hydrogens is 341 g/mol. The van der Waals surface area contributed by atoms with E-state index in [9.17, 15) is 18.3 Å². The minimum atomic E-state index is -4.89. The number of thiazole rings is 1. The molecule has 0 bridgehead atoms. The monoisotopic (exact) mass is 356 g/mol. The zero-order valence-corrected chi connectivity index (χ0v) is 13.8. The number of rotatable bonds is 3. The van der Waals surface area contributed by atoms with Crippen LogP contribution in [0, 0.1) is 13.8 Å². The van der Waals surface area contributed by atoms with Gasteiger partial charge in [0.15, 0.2) is 0 Å². The Kier molecular flexibility index (Phi) is 4.13. The van der Waals surface area contributed by atoms with E-state index < -0.39 is 18.4 Å². The van der Waals surface area contributed by atoms with Crippen molar-refractivity contribution in [1.82, 2.24) is 4.98 Å². The zero-order chi connectivity index (χ0) is 17.5. The number of aromatic nitrogens is 1. The molecule has 1 aromatic carbocycles. The molecule has 0 saturated heterocycles. The minimum absolute atomic E-state index is 0.0752. The van der Waals surface area contributed by atoms with E-state index in [-0.39, 0.29) is 5.71 Å². The topological polar surface area (TPSA) is 54.7 Å². The summed E-state index contributed by atoms with van der Waals surface area (Å²) < 4.78 is 38.2. The van der Waals surface area contributed by atoms with E-state index >= 15 is 0 Å². The maximum Gasteiger partial charge on any atom is 0.458 e. The van der Waals surface area contributed by atoms with Gasteiger partial charge >= 0.3 is 12.0 Å². The number of oxime groups is 1. The Balaban J connectivity index is 1.73. The zero-order valence-electron chi connectivity index (χ0n) is 13.0. The second kappa shape index (κ2) is 5.86. The first kappa shape index (κ1) is 16.9. The summed E-state index contributed by atoms with van der Waals surface area (Å²) in [6.45, 7) is 3.90. The Morgan fingerprint density at radius 2 is 1.92 bits per heavy atom.